The van der Waals surface area contributed by atoms with Crippen LogP contribution in [0.5, 0.6) is 0 Å². The highest BCUT2D eigenvalue weighted by Crippen LogP contribution is 2.33. The van der Waals surface area contributed by atoms with E-state index < -0.39 is 0 Å². The Morgan fingerprint density at radius 2 is 2.16 bits per heavy atom. The fraction of sp³-hybridized carbons (Fsp3) is 0.522. The lowest BCUT2D eigenvalue weighted by atomic mass is 9.99. The van der Waals surface area contributed by atoms with Gasteiger partial charge in [-0.3, -0.25) is 19.6 Å². The van der Waals surface area contributed by atoms with Crippen molar-refractivity contribution < 1.29 is 4.79 Å². The summed E-state index contributed by atoms with van der Waals surface area (Å²) in [4.78, 5) is 37.2. The number of carbonyl (C=O) groups excluding carboxylic acids is 1. The molecule has 3 aromatic rings. The molecule has 5 heterocycles. The molecule has 0 saturated carbocycles. The zero-order valence-electron chi connectivity index (χ0n) is 18.2. The van der Waals surface area contributed by atoms with Crippen LogP contribution >= 0.6 is 11.3 Å². The maximum Gasteiger partial charge on any atom is 0.277 e. The van der Waals surface area contributed by atoms with Crippen molar-refractivity contribution in [3.63, 3.8) is 0 Å². The third-order valence-corrected chi connectivity index (χ3v) is 7.55. The van der Waals surface area contributed by atoms with Gasteiger partial charge >= 0.3 is 0 Å². The first-order valence-corrected chi connectivity index (χ1v) is 12.1. The van der Waals surface area contributed by atoms with Gasteiger partial charge in [0.25, 0.3) is 5.56 Å². The molecule has 1 unspecified atom stereocenters. The Balaban J connectivity index is 1.47. The molecule has 3 aromatic heterocycles. The number of amides is 1. The molecule has 0 aliphatic carbocycles. The fourth-order valence-electron chi connectivity index (χ4n) is 4.91. The van der Waals surface area contributed by atoms with E-state index >= 15 is 0 Å². The van der Waals surface area contributed by atoms with Crippen LogP contribution in [0, 0.1) is 6.92 Å². The van der Waals surface area contributed by atoms with Crippen molar-refractivity contribution in [1.29, 1.82) is 0 Å². The normalized spacial score (nSPS) is 19.7. The molecule has 0 bridgehead atoms. The average molecular weight is 440 g/mol. The molecule has 5 rings (SSSR count). The van der Waals surface area contributed by atoms with Crippen molar-refractivity contribution in [3.8, 4) is 0 Å². The van der Waals surface area contributed by atoms with Crippen molar-refractivity contribution in [2.24, 2.45) is 0 Å². The van der Waals surface area contributed by atoms with E-state index in [1.165, 1.54) is 22.6 Å². The number of fused-ring (bicyclic) bond motifs is 2. The van der Waals surface area contributed by atoms with E-state index in [9.17, 15) is 9.59 Å². The Labute approximate surface area is 185 Å². The average Bonchev–Trinajstić information content (AvgIpc) is 3.39. The molecule has 2 aliphatic rings. The number of nitrogens with one attached hydrogen (secondary N) is 1. The summed E-state index contributed by atoms with van der Waals surface area (Å²) in [5, 5.41) is 3.36. The van der Waals surface area contributed by atoms with E-state index in [4.69, 9.17) is 4.98 Å². The molecule has 1 atom stereocenters. The molecule has 0 spiro atoms. The highest BCUT2D eigenvalue weighted by Gasteiger charge is 2.28. The Kier molecular flexibility index (Phi) is 5.44. The van der Waals surface area contributed by atoms with Crippen LogP contribution in [0.1, 0.15) is 65.4 Å². The molecule has 1 amide bonds. The third kappa shape index (κ3) is 3.83. The summed E-state index contributed by atoms with van der Waals surface area (Å²) >= 11 is 1.86. The van der Waals surface area contributed by atoms with Gasteiger partial charge in [0.05, 0.1) is 29.5 Å². The van der Waals surface area contributed by atoms with Gasteiger partial charge in [-0.05, 0) is 38.4 Å². The molecule has 1 N–H and O–H groups in total. The van der Waals surface area contributed by atoms with Crippen LogP contribution in [0.15, 0.2) is 23.0 Å². The minimum absolute atomic E-state index is 0.0731. The third-order valence-electron chi connectivity index (χ3n) is 6.56. The lowest BCUT2D eigenvalue weighted by Gasteiger charge is -2.34. The number of aromatic amines is 1. The largest absolute Gasteiger partial charge is 0.338 e. The summed E-state index contributed by atoms with van der Waals surface area (Å²) in [6, 6.07) is 6.71. The standard InChI is InChI=1S/C23H29N5O2S/c1-3-22(29)27-11-9-18-17(14-27)23(30)28-21(24-18)12-19(25-28)20-6-4-5-10-26(20)13-16-8-7-15(2)31-16/h7-8,12,20,25H,3-6,9-11,13-14H2,1-2H3. The van der Waals surface area contributed by atoms with Crippen LogP contribution in [-0.2, 0) is 24.3 Å². The molecule has 164 valence electrons. The summed E-state index contributed by atoms with van der Waals surface area (Å²) < 4.78 is 1.58. The van der Waals surface area contributed by atoms with Gasteiger partial charge in [-0.1, -0.05) is 13.3 Å². The van der Waals surface area contributed by atoms with Gasteiger partial charge in [0.1, 0.15) is 0 Å². The van der Waals surface area contributed by atoms with Gasteiger partial charge in [-0.2, -0.15) is 0 Å². The van der Waals surface area contributed by atoms with E-state index in [-0.39, 0.29) is 17.5 Å². The van der Waals surface area contributed by atoms with E-state index in [2.05, 4.69) is 29.1 Å². The highest BCUT2D eigenvalue weighted by molar-refractivity contribution is 7.11. The van der Waals surface area contributed by atoms with Crippen LogP contribution in [0.4, 0.5) is 0 Å². The number of aromatic nitrogens is 3. The molecule has 2 aliphatic heterocycles. The van der Waals surface area contributed by atoms with Gasteiger partial charge < -0.3 is 4.90 Å². The van der Waals surface area contributed by atoms with Crippen molar-refractivity contribution in [3.05, 3.63) is 55.3 Å². The second-order valence-corrected chi connectivity index (χ2v) is 10.0. The number of thiophene rings is 1. The van der Waals surface area contributed by atoms with Crippen LogP contribution in [0.2, 0.25) is 0 Å². The molecule has 7 nitrogen and oxygen atoms in total. The molecular formula is C23H29N5O2S. The number of piperidine rings is 1. The van der Waals surface area contributed by atoms with Crippen molar-refractivity contribution in [1.82, 2.24) is 24.4 Å². The molecule has 31 heavy (non-hydrogen) atoms. The van der Waals surface area contributed by atoms with Crippen LogP contribution in [0.3, 0.4) is 0 Å². The Hall–Kier alpha value is -2.45. The van der Waals surface area contributed by atoms with Gasteiger partial charge in [-0.25, -0.2) is 9.50 Å². The number of carbonyl (C=O) groups is 1. The Morgan fingerprint density at radius 3 is 2.94 bits per heavy atom. The number of hydrogen-bond acceptors (Lipinski definition) is 5. The van der Waals surface area contributed by atoms with Gasteiger partial charge in [0.2, 0.25) is 5.91 Å². The van der Waals surface area contributed by atoms with Gasteiger partial charge in [0.15, 0.2) is 5.65 Å². The van der Waals surface area contributed by atoms with Gasteiger partial charge in [0, 0.05) is 41.8 Å². The van der Waals surface area contributed by atoms with E-state index in [1.807, 2.05) is 24.3 Å². The number of aryl methyl sites for hydroxylation is 1. The summed E-state index contributed by atoms with van der Waals surface area (Å²) in [6.45, 7) is 7.00. The van der Waals surface area contributed by atoms with Crippen molar-refractivity contribution in [2.75, 3.05) is 13.1 Å². The predicted molar refractivity (Wildman–Crippen MR) is 121 cm³/mol. The topological polar surface area (TPSA) is 73.7 Å². The zero-order valence-corrected chi connectivity index (χ0v) is 19.0. The first-order valence-electron chi connectivity index (χ1n) is 11.2. The Bertz CT molecular complexity index is 1180. The first-order chi connectivity index (χ1) is 15.0. The lowest BCUT2D eigenvalue weighted by molar-refractivity contribution is -0.131. The number of H-pyrrole nitrogens is 1. The molecule has 0 aromatic carbocycles. The molecular weight excluding hydrogens is 410 g/mol. The fourth-order valence-corrected chi connectivity index (χ4v) is 5.83. The molecule has 1 saturated heterocycles. The van der Waals surface area contributed by atoms with E-state index in [0.717, 1.165) is 30.9 Å². The summed E-state index contributed by atoms with van der Waals surface area (Å²) in [6.07, 6.45) is 4.56. The van der Waals surface area contributed by atoms with E-state index in [0.29, 0.717) is 37.1 Å². The maximum atomic E-state index is 13.2. The minimum atomic E-state index is -0.0731. The molecule has 8 heteroatoms. The second-order valence-electron chi connectivity index (χ2n) is 8.66. The van der Waals surface area contributed by atoms with Gasteiger partial charge in [-0.15, -0.1) is 11.3 Å². The summed E-state index contributed by atoms with van der Waals surface area (Å²) in [5.41, 5.74) is 3.16. The molecule has 0 radical (unpaired) electrons. The van der Waals surface area contributed by atoms with Crippen molar-refractivity contribution >= 4 is 22.9 Å². The minimum Gasteiger partial charge on any atom is -0.338 e. The smallest absolute Gasteiger partial charge is 0.277 e. The summed E-state index contributed by atoms with van der Waals surface area (Å²) in [5.74, 6) is 0.0870. The number of hydrogen-bond donors (Lipinski definition) is 1. The number of nitrogens with zero attached hydrogens (tertiary/aromatic N) is 4. The quantitative estimate of drug-likeness (QED) is 0.676. The SMILES string of the molecule is CCC(=O)N1CCc2nc3cc(C4CCCCN4Cc4ccc(C)s4)[nH]n3c(=O)c2C1. The van der Waals surface area contributed by atoms with E-state index in [1.54, 1.807) is 9.42 Å². The highest BCUT2D eigenvalue weighted by atomic mass is 32.1. The monoisotopic (exact) mass is 439 g/mol. The van der Waals surface area contributed by atoms with Crippen LogP contribution < -0.4 is 5.56 Å². The van der Waals surface area contributed by atoms with Crippen molar-refractivity contribution in [2.45, 2.75) is 65.1 Å². The summed E-state index contributed by atoms with van der Waals surface area (Å²) in [7, 11) is 0. The molecule has 1 fully saturated rings. The Morgan fingerprint density at radius 1 is 1.29 bits per heavy atom. The number of likely N-dealkylation sites (tertiary alicyclic amines) is 1. The second kappa shape index (κ2) is 8.24. The number of rotatable bonds is 4. The van der Waals surface area contributed by atoms with Crippen LogP contribution in [0.25, 0.3) is 5.65 Å². The zero-order chi connectivity index (χ0) is 21.5. The first kappa shape index (κ1) is 20.5. The maximum absolute atomic E-state index is 13.2. The lowest BCUT2D eigenvalue weighted by Crippen LogP contribution is -2.40. The predicted octanol–water partition coefficient (Wildman–Crippen LogP) is 3.41. The van der Waals surface area contributed by atoms with Crippen LogP contribution in [-0.4, -0.2) is 43.4 Å².